The van der Waals surface area contributed by atoms with Gasteiger partial charge in [-0.3, -0.25) is 0 Å². The minimum atomic E-state index is 1.12. The molecule has 1 rings (SSSR count). The first-order valence-corrected chi connectivity index (χ1v) is 3.45. The van der Waals surface area contributed by atoms with Crippen molar-refractivity contribution in [2.24, 2.45) is 0 Å². The molecule has 0 heterocycles. The molecule has 0 atom stereocenters. The van der Waals surface area contributed by atoms with E-state index < -0.39 is 0 Å². The standard InChI is InChI=1S/C11H10/c1-3-5-11-8-6-10(4-2)7-9-11/h4-9H,1-2H2. The van der Waals surface area contributed by atoms with Gasteiger partial charge in [-0.2, -0.15) is 0 Å². The molecule has 0 radical (unpaired) electrons. The molecular formula is C11H10. The number of hydrogen-bond donors (Lipinski definition) is 0. The molecule has 0 spiro atoms. The molecule has 0 heteroatoms. The number of benzene rings is 1. The highest BCUT2D eigenvalue weighted by atomic mass is 13.9. The quantitative estimate of drug-likeness (QED) is 0.556. The Bertz CT molecular complexity index is 284. The SMILES string of the molecule is C=C=Cc1ccc(C=C)cc1. The van der Waals surface area contributed by atoms with Crippen LogP contribution >= 0.6 is 0 Å². The fraction of sp³-hybridized carbons (Fsp3) is 0. The number of hydrogen-bond acceptors (Lipinski definition) is 0. The van der Waals surface area contributed by atoms with Gasteiger partial charge in [0, 0.05) is 0 Å². The molecule has 0 amide bonds. The Hall–Kier alpha value is -1.52. The summed E-state index contributed by atoms with van der Waals surface area (Å²) in [4.78, 5) is 0. The summed E-state index contributed by atoms with van der Waals surface area (Å²) in [5, 5.41) is 0. The topological polar surface area (TPSA) is 0 Å². The van der Waals surface area contributed by atoms with Crippen molar-refractivity contribution >= 4 is 12.2 Å². The molecule has 1 aromatic rings. The molecule has 0 unspecified atom stereocenters. The maximum atomic E-state index is 3.67. The van der Waals surface area contributed by atoms with E-state index in [2.05, 4.69) is 18.9 Å². The van der Waals surface area contributed by atoms with Crippen molar-refractivity contribution in [1.29, 1.82) is 0 Å². The molecule has 0 aliphatic carbocycles. The van der Waals surface area contributed by atoms with Gasteiger partial charge in [0.05, 0.1) is 0 Å². The first-order chi connectivity index (χ1) is 5.36. The van der Waals surface area contributed by atoms with Gasteiger partial charge >= 0.3 is 0 Å². The fourth-order valence-electron chi connectivity index (χ4n) is 0.846. The third-order valence-electron chi connectivity index (χ3n) is 1.44. The second-order valence-electron chi connectivity index (χ2n) is 2.22. The van der Waals surface area contributed by atoms with Gasteiger partial charge in [0.2, 0.25) is 0 Å². The summed E-state index contributed by atoms with van der Waals surface area (Å²) >= 11 is 0. The summed E-state index contributed by atoms with van der Waals surface area (Å²) in [6, 6.07) is 8.04. The van der Waals surface area contributed by atoms with Crippen molar-refractivity contribution in [2.75, 3.05) is 0 Å². The molecule has 0 aromatic heterocycles. The lowest BCUT2D eigenvalue weighted by atomic mass is 10.1. The lowest BCUT2D eigenvalue weighted by molar-refractivity contribution is 1.63. The van der Waals surface area contributed by atoms with Gasteiger partial charge in [-0.05, 0) is 17.2 Å². The maximum absolute atomic E-state index is 3.67. The predicted molar refractivity (Wildman–Crippen MR) is 50.1 cm³/mol. The van der Waals surface area contributed by atoms with Crippen LogP contribution in [0.25, 0.3) is 12.2 Å². The van der Waals surface area contributed by atoms with Crippen molar-refractivity contribution < 1.29 is 0 Å². The van der Waals surface area contributed by atoms with Crippen molar-refractivity contribution in [3.8, 4) is 0 Å². The molecule has 0 saturated heterocycles. The minimum Gasteiger partial charge on any atom is -0.128 e. The van der Waals surface area contributed by atoms with Crippen molar-refractivity contribution in [3.63, 3.8) is 0 Å². The Kier molecular flexibility index (Phi) is 2.48. The molecule has 54 valence electrons. The van der Waals surface area contributed by atoms with Gasteiger partial charge in [0.15, 0.2) is 0 Å². The molecule has 1 aromatic carbocycles. The number of rotatable bonds is 2. The highest BCUT2D eigenvalue weighted by Gasteiger charge is 1.85. The minimum absolute atomic E-state index is 1.12. The maximum Gasteiger partial charge on any atom is -0.0133 e. The fourth-order valence-corrected chi connectivity index (χ4v) is 0.846. The average Bonchev–Trinajstić information content (AvgIpc) is 2.07. The average molecular weight is 142 g/mol. The molecule has 0 nitrogen and oxygen atoms in total. The monoisotopic (exact) mass is 142 g/mol. The lowest BCUT2D eigenvalue weighted by Gasteiger charge is -1.92. The summed E-state index contributed by atoms with van der Waals surface area (Å²) < 4.78 is 0. The van der Waals surface area contributed by atoms with Crippen LogP contribution in [0.3, 0.4) is 0 Å². The van der Waals surface area contributed by atoms with Crippen LogP contribution in [0, 0.1) is 0 Å². The smallest absolute Gasteiger partial charge is 0.0133 e. The van der Waals surface area contributed by atoms with E-state index in [9.17, 15) is 0 Å². The van der Waals surface area contributed by atoms with Crippen LogP contribution in [0.2, 0.25) is 0 Å². The van der Waals surface area contributed by atoms with E-state index in [1.807, 2.05) is 36.4 Å². The van der Waals surface area contributed by atoms with E-state index in [1.165, 1.54) is 0 Å². The zero-order chi connectivity index (χ0) is 8.10. The molecule has 0 saturated carbocycles. The normalized spacial score (nSPS) is 8.36. The Morgan fingerprint density at radius 1 is 1.09 bits per heavy atom. The molecule has 0 fully saturated rings. The second kappa shape index (κ2) is 3.60. The molecular weight excluding hydrogens is 132 g/mol. The summed E-state index contributed by atoms with van der Waals surface area (Å²) in [6.45, 7) is 7.17. The Balaban J connectivity index is 2.99. The van der Waals surface area contributed by atoms with Crippen LogP contribution in [0.15, 0.2) is 43.2 Å². The zero-order valence-electron chi connectivity index (χ0n) is 6.38. The molecule has 0 bridgehead atoms. The summed E-state index contributed by atoms with van der Waals surface area (Å²) in [5.41, 5.74) is 4.97. The molecule has 0 aliphatic heterocycles. The van der Waals surface area contributed by atoms with Crippen molar-refractivity contribution in [1.82, 2.24) is 0 Å². The predicted octanol–water partition coefficient (Wildman–Crippen LogP) is 3.13. The van der Waals surface area contributed by atoms with Crippen molar-refractivity contribution in [2.45, 2.75) is 0 Å². The van der Waals surface area contributed by atoms with Crippen LogP contribution in [-0.2, 0) is 0 Å². The highest BCUT2D eigenvalue weighted by Crippen LogP contribution is 2.05. The summed E-state index contributed by atoms with van der Waals surface area (Å²) in [6.07, 6.45) is 3.66. The summed E-state index contributed by atoms with van der Waals surface area (Å²) in [5.74, 6) is 0. The second-order valence-corrected chi connectivity index (χ2v) is 2.22. The first-order valence-electron chi connectivity index (χ1n) is 3.45. The Morgan fingerprint density at radius 3 is 2.09 bits per heavy atom. The third kappa shape index (κ3) is 1.96. The Morgan fingerprint density at radius 2 is 1.64 bits per heavy atom. The van der Waals surface area contributed by atoms with E-state index in [4.69, 9.17) is 0 Å². The van der Waals surface area contributed by atoms with Crippen molar-refractivity contribution in [3.05, 3.63) is 54.3 Å². The van der Waals surface area contributed by atoms with E-state index in [-0.39, 0.29) is 0 Å². The van der Waals surface area contributed by atoms with Gasteiger partial charge in [-0.15, -0.1) is 5.73 Å². The highest BCUT2D eigenvalue weighted by molar-refractivity contribution is 5.54. The summed E-state index contributed by atoms with van der Waals surface area (Å²) in [7, 11) is 0. The third-order valence-corrected chi connectivity index (χ3v) is 1.44. The van der Waals surface area contributed by atoms with Crippen LogP contribution in [0.5, 0.6) is 0 Å². The molecule has 11 heavy (non-hydrogen) atoms. The van der Waals surface area contributed by atoms with Gasteiger partial charge in [0.1, 0.15) is 0 Å². The van der Waals surface area contributed by atoms with E-state index in [1.54, 1.807) is 0 Å². The van der Waals surface area contributed by atoms with Crippen LogP contribution in [0.1, 0.15) is 11.1 Å². The lowest BCUT2D eigenvalue weighted by Crippen LogP contribution is -1.71. The van der Waals surface area contributed by atoms with E-state index in [0.29, 0.717) is 0 Å². The molecule has 0 aliphatic rings. The largest absolute Gasteiger partial charge is 0.128 e. The van der Waals surface area contributed by atoms with E-state index in [0.717, 1.165) is 11.1 Å². The van der Waals surface area contributed by atoms with Crippen LogP contribution < -0.4 is 0 Å². The van der Waals surface area contributed by atoms with Gasteiger partial charge in [-0.25, -0.2) is 0 Å². The van der Waals surface area contributed by atoms with Gasteiger partial charge < -0.3 is 0 Å². The van der Waals surface area contributed by atoms with Gasteiger partial charge in [-0.1, -0.05) is 43.5 Å². The molecule has 0 N–H and O–H groups in total. The first kappa shape index (κ1) is 7.59. The van der Waals surface area contributed by atoms with Crippen LogP contribution in [0.4, 0.5) is 0 Å². The van der Waals surface area contributed by atoms with Gasteiger partial charge in [0.25, 0.3) is 0 Å². The van der Waals surface area contributed by atoms with E-state index >= 15 is 0 Å². The zero-order valence-corrected chi connectivity index (χ0v) is 6.38. The Labute approximate surface area is 67.2 Å². The van der Waals surface area contributed by atoms with Crippen LogP contribution in [-0.4, -0.2) is 0 Å².